The van der Waals surface area contributed by atoms with Gasteiger partial charge >= 0.3 is 0 Å². The molecule has 0 bridgehead atoms. The van der Waals surface area contributed by atoms with Crippen LogP contribution in [-0.2, 0) is 4.79 Å². The number of likely N-dealkylation sites (tertiary alicyclic amines) is 1. The molecule has 1 saturated heterocycles. The molecule has 1 fully saturated rings. The summed E-state index contributed by atoms with van der Waals surface area (Å²) in [6.07, 6.45) is 1.89. The minimum atomic E-state index is -0.476. The predicted octanol–water partition coefficient (Wildman–Crippen LogP) is 1.84. The Labute approximate surface area is 100 Å². The standard InChI is InChI=1S/C13H17FN2O/c1-9(15)13(17)16-8-2-3-12(16)10-4-6-11(14)7-5-10/h4-7,9,12H,2-3,8,15H2,1H3/t9-,12?/m1/s1. The fourth-order valence-electron chi connectivity index (χ4n) is 2.32. The summed E-state index contributed by atoms with van der Waals surface area (Å²) in [5.41, 5.74) is 6.61. The van der Waals surface area contributed by atoms with Crippen LogP contribution >= 0.6 is 0 Å². The Kier molecular flexibility index (Phi) is 3.43. The fraction of sp³-hybridized carbons (Fsp3) is 0.462. The molecule has 4 heteroatoms. The van der Waals surface area contributed by atoms with E-state index in [1.165, 1.54) is 12.1 Å². The number of hydrogen-bond donors (Lipinski definition) is 1. The lowest BCUT2D eigenvalue weighted by Crippen LogP contribution is -2.41. The van der Waals surface area contributed by atoms with E-state index in [1.807, 2.05) is 0 Å². The summed E-state index contributed by atoms with van der Waals surface area (Å²) in [5, 5.41) is 0. The van der Waals surface area contributed by atoms with Crippen LogP contribution in [0, 0.1) is 5.82 Å². The Morgan fingerprint density at radius 1 is 1.47 bits per heavy atom. The molecule has 17 heavy (non-hydrogen) atoms. The van der Waals surface area contributed by atoms with Crippen LogP contribution in [0.15, 0.2) is 24.3 Å². The first-order valence-corrected chi connectivity index (χ1v) is 5.91. The molecule has 0 aromatic heterocycles. The van der Waals surface area contributed by atoms with Crippen LogP contribution in [0.1, 0.15) is 31.4 Å². The molecule has 2 atom stereocenters. The molecule has 1 aromatic rings. The van der Waals surface area contributed by atoms with Crippen molar-refractivity contribution in [3.8, 4) is 0 Å². The molecule has 0 radical (unpaired) electrons. The van der Waals surface area contributed by atoms with Crippen molar-refractivity contribution in [3.05, 3.63) is 35.6 Å². The van der Waals surface area contributed by atoms with E-state index in [2.05, 4.69) is 0 Å². The molecule has 0 spiro atoms. The van der Waals surface area contributed by atoms with E-state index in [0.717, 1.165) is 24.9 Å². The third-order valence-corrected chi connectivity index (χ3v) is 3.18. The van der Waals surface area contributed by atoms with E-state index >= 15 is 0 Å². The second-order valence-corrected chi connectivity index (χ2v) is 4.53. The Bertz CT molecular complexity index is 402. The first-order valence-electron chi connectivity index (χ1n) is 5.91. The van der Waals surface area contributed by atoms with Gasteiger partial charge in [-0.3, -0.25) is 4.79 Å². The number of carbonyl (C=O) groups is 1. The Morgan fingerprint density at radius 3 is 2.71 bits per heavy atom. The lowest BCUT2D eigenvalue weighted by Gasteiger charge is -2.26. The highest BCUT2D eigenvalue weighted by atomic mass is 19.1. The SMILES string of the molecule is C[C@@H](N)C(=O)N1CCCC1c1ccc(F)cc1. The normalized spacial score (nSPS) is 21.6. The van der Waals surface area contributed by atoms with Gasteiger partial charge in [-0.1, -0.05) is 12.1 Å². The van der Waals surface area contributed by atoms with Crippen LogP contribution in [0.5, 0.6) is 0 Å². The zero-order valence-electron chi connectivity index (χ0n) is 9.90. The summed E-state index contributed by atoms with van der Waals surface area (Å²) >= 11 is 0. The lowest BCUT2D eigenvalue weighted by atomic mass is 10.0. The molecule has 3 nitrogen and oxygen atoms in total. The van der Waals surface area contributed by atoms with Gasteiger partial charge in [-0.15, -0.1) is 0 Å². The minimum absolute atomic E-state index is 0.0307. The molecular formula is C13H17FN2O. The Hall–Kier alpha value is -1.42. The maximum atomic E-state index is 12.9. The summed E-state index contributed by atoms with van der Waals surface area (Å²) in [7, 11) is 0. The number of rotatable bonds is 2. The van der Waals surface area contributed by atoms with Gasteiger partial charge in [0.2, 0.25) is 5.91 Å². The van der Waals surface area contributed by atoms with Gasteiger partial charge in [0.15, 0.2) is 0 Å². The maximum Gasteiger partial charge on any atom is 0.239 e. The van der Waals surface area contributed by atoms with Gasteiger partial charge in [-0.25, -0.2) is 4.39 Å². The molecule has 1 aliphatic heterocycles. The van der Waals surface area contributed by atoms with Crippen molar-refractivity contribution in [2.24, 2.45) is 5.73 Å². The highest BCUT2D eigenvalue weighted by Gasteiger charge is 2.31. The van der Waals surface area contributed by atoms with Crippen molar-refractivity contribution >= 4 is 5.91 Å². The second-order valence-electron chi connectivity index (χ2n) is 4.53. The van der Waals surface area contributed by atoms with Crippen LogP contribution in [0.2, 0.25) is 0 Å². The van der Waals surface area contributed by atoms with Crippen molar-refractivity contribution in [1.82, 2.24) is 4.90 Å². The summed E-state index contributed by atoms with van der Waals surface area (Å²) < 4.78 is 12.9. The summed E-state index contributed by atoms with van der Waals surface area (Å²) in [4.78, 5) is 13.7. The first-order chi connectivity index (χ1) is 8.09. The topological polar surface area (TPSA) is 46.3 Å². The number of carbonyl (C=O) groups excluding carboxylic acids is 1. The highest BCUT2D eigenvalue weighted by Crippen LogP contribution is 2.32. The molecule has 2 rings (SSSR count). The van der Waals surface area contributed by atoms with Crippen molar-refractivity contribution in [2.75, 3.05) is 6.54 Å². The monoisotopic (exact) mass is 236 g/mol. The largest absolute Gasteiger partial charge is 0.334 e. The molecule has 1 aliphatic rings. The number of halogens is 1. The van der Waals surface area contributed by atoms with Crippen molar-refractivity contribution in [1.29, 1.82) is 0 Å². The summed E-state index contributed by atoms with van der Waals surface area (Å²) in [6, 6.07) is 5.93. The smallest absolute Gasteiger partial charge is 0.239 e. The number of amides is 1. The Morgan fingerprint density at radius 2 is 2.12 bits per heavy atom. The van der Waals surface area contributed by atoms with E-state index in [1.54, 1.807) is 24.0 Å². The van der Waals surface area contributed by atoms with Crippen LogP contribution < -0.4 is 5.73 Å². The zero-order valence-corrected chi connectivity index (χ0v) is 9.90. The summed E-state index contributed by atoms with van der Waals surface area (Å²) in [6.45, 7) is 2.44. The van der Waals surface area contributed by atoms with E-state index in [4.69, 9.17) is 5.73 Å². The molecule has 1 heterocycles. The first kappa shape index (κ1) is 12.0. The van der Waals surface area contributed by atoms with Gasteiger partial charge in [0.1, 0.15) is 5.82 Å². The van der Waals surface area contributed by atoms with Crippen LogP contribution in [0.4, 0.5) is 4.39 Å². The van der Waals surface area contributed by atoms with Crippen molar-refractivity contribution in [2.45, 2.75) is 31.8 Å². The second kappa shape index (κ2) is 4.84. The average molecular weight is 236 g/mol. The molecule has 2 N–H and O–H groups in total. The molecule has 1 amide bonds. The molecular weight excluding hydrogens is 219 g/mol. The van der Waals surface area contributed by atoms with Gasteiger partial charge in [0.05, 0.1) is 12.1 Å². The van der Waals surface area contributed by atoms with Gasteiger partial charge in [-0.2, -0.15) is 0 Å². The maximum absolute atomic E-state index is 12.9. The molecule has 92 valence electrons. The van der Waals surface area contributed by atoms with Gasteiger partial charge in [0.25, 0.3) is 0 Å². The van der Waals surface area contributed by atoms with Gasteiger partial charge < -0.3 is 10.6 Å². The van der Waals surface area contributed by atoms with E-state index in [9.17, 15) is 9.18 Å². The third-order valence-electron chi connectivity index (χ3n) is 3.18. The van der Waals surface area contributed by atoms with Crippen molar-refractivity contribution in [3.63, 3.8) is 0 Å². The molecule has 0 saturated carbocycles. The number of nitrogens with zero attached hydrogens (tertiary/aromatic N) is 1. The van der Waals surface area contributed by atoms with E-state index < -0.39 is 6.04 Å². The van der Waals surface area contributed by atoms with E-state index in [0.29, 0.717) is 0 Å². The van der Waals surface area contributed by atoms with Crippen molar-refractivity contribution < 1.29 is 9.18 Å². The van der Waals surface area contributed by atoms with E-state index in [-0.39, 0.29) is 17.8 Å². The lowest BCUT2D eigenvalue weighted by molar-refractivity contribution is -0.133. The number of benzene rings is 1. The van der Waals surface area contributed by atoms with Crippen LogP contribution in [0.3, 0.4) is 0 Å². The fourth-order valence-corrected chi connectivity index (χ4v) is 2.32. The number of hydrogen-bond acceptors (Lipinski definition) is 2. The minimum Gasteiger partial charge on any atom is -0.334 e. The van der Waals surface area contributed by atoms with Gasteiger partial charge in [-0.05, 0) is 37.5 Å². The predicted molar refractivity (Wildman–Crippen MR) is 63.7 cm³/mol. The zero-order chi connectivity index (χ0) is 12.4. The quantitative estimate of drug-likeness (QED) is 0.851. The van der Waals surface area contributed by atoms with Gasteiger partial charge in [0, 0.05) is 6.54 Å². The van der Waals surface area contributed by atoms with Crippen LogP contribution in [0.25, 0.3) is 0 Å². The Balaban J connectivity index is 2.20. The molecule has 1 aromatic carbocycles. The third kappa shape index (κ3) is 2.47. The highest BCUT2D eigenvalue weighted by molar-refractivity contribution is 5.81. The molecule has 0 aliphatic carbocycles. The van der Waals surface area contributed by atoms with Crippen LogP contribution in [-0.4, -0.2) is 23.4 Å². The molecule has 1 unspecified atom stereocenters. The average Bonchev–Trinajstić information content (AvgIpc) is 2.77. The summed E-state index contributed by atoms with van der Waals surface area (Å²) in [5.74, 6) is -0.284. The number of nitrogens with two attached hydrogens (primary N) is 1.